The van der Waals surface area contributed by atoms with Crippen LogP contribution in [0.5, 0.6) is 0 Å². The van der Waals surface area contributed by atoms with Crippen molar-refractivity contribution in [3.05, 3.63) is 23.7 Å². The highest BCUT2D eigenvalue weighted by Gasteiger charge is 2.32. The molecule has 0 aromatic carbocycles. The lowest BCUT2D eigenvalue weighted by Gasteiger charge is -2.31. The topological polar surface area (TPSA) is 47.9 Å². The predicted molar refractivity (Wildman–Crippen MR) is 51.6 cm³/mol. The number of methoxy groups -OCH3 is 3. The molecule has 1 N–H and O–H groups in total. The summed E-state index contributed by atoms with van der Waals surface area (Å²) in [6.07, 6.45) is 4.06. The van der Waals surface area contributed by atoms with Crippen molar-refractivity contribution in [2.75, 3.05) is 27.9 Å². The lowest BCUT2D eigenvalue weighted by molar-refractivity contribution is -0.0261. The van der Waals surface area contributed by atoms with Crippen molar-refractivity contribution >= 4 is 0 Å². The smallest absolute Gasteiger partial charge is 0.121 e. The highest BCUT2D eigenvalue weighted by atomic mass is 16.5. The highest BCUT2D eigenvalue weighted by Crippen LogP contribution is 2.29. The summed E-state index contributed by atoms with van der Waals surface area (Å²) in [7, 11) is 4.71. The van der Waals surface area contributed by atoms with Gasteiger partial charge >= 0.3 is 0 Å². The Bertz CT molecular complexity index is 251. The minimum Gasteiger partial charge on any atom is -0.501 e. The Morgan fingerprint density at radius 1 is 1.36 bits per heavy atom. The molecule has 1 unspecified atom stereocenters. The van der Waals surface area contributed by atoms with Gasteiger partial charge in [-0.25, -0.2) is 0 Å². The number of aliphatic hydroxyl groups is 1. The highest BCUT2D eigenvalue weighted by molar-refractivity contribution is 5.27. The summed E-state index contributed by atoms with van der Waals surface area (Å²) in [4.78, 5) is 0. The molecule has 14 heavy (non-hydrogen) atoms. The normalized spacial score (nSPS) is 26.6. The molecule has 1 rings (SSSR count). The van der Waals surface area contributed by atoms with Crippen LogP contribution in [0.3, 0.4) is 0 Å². The largest absolute Gasteiger partial charge is 0.501 e. The van der Waals surface area contributed by atoms with E-state index in [2.05, 4.69) is 0 Å². The molecule has 80 valence electrons. The number of hydrogen-bond donors (Lipinski definition) is 1. The average Bonchev–Trinajstić information content (AvgIpc) is 2.28. The molecule has 0 aromatic rings. The molecule has 0 saturated heterocycles. The zero-order valence-electron chi connectivity index (χ0n) is 8.74. The van der Waals surface area contributed by atoms with Crippen molar-refractivity contribution in [1.29, 1.82) is 0 Å². The van der Waals surface area contributed by atoms with Crippen LogP contribution in [0.4, 0.5) is 0 Å². The quantitative estimate of drug-likeness (QED) is 0.730. The lowest BCUT2D eigenvalue weighted by atomic mass is 9.94. The van der Waals surface area contributed by atoms with Gasteiger partial charge in [0.1, 0.15) is 17.1 Å². The Balaban J connectivity index is 2.94. The van der Waals surface area contributed by atoms with Crippen molar-refractivity contribution in [3.8, 4) is 0 Å². The van der Waals surface area contributed by atoms with Gasteiger partial charge in [0.15, 0.2) is 0 Å². The van der Waals surface area contributed by atoms with E-state index in [-0.39, 0.29) is 6.61 Å². The van der Waals surface area contributed by atoms with Crippen LogP contribution >= 0.6 is 0 Å². The van der Waals surface area contributed by atoms with E-state index < -0.39 is 5.60 Å². The molecule has 4 heteroatoms. The lowest BCUT2D eigenvalue weighted by Crippen LogP contribution is -2.36. The molecule has 0 fully saturated rings. The van der Waals surface area contributed by atoms with E-state index in [1.54, 1.807) is 33.5 Å². The van der Waals surface area contributed by atoms with Crippen LogP contribution < -0.4 is 0 Å². The molecule has 0 heterocycles. The van der Waals surface area contributed by atoms with Crippen molar-refractivity contribution in [2.45, 2.75) is 12.0 Å². The molecule has 0 spiro atoms. The summed E-state index contributed by atoms with van der Waals surface area (Å²) in [5.74, 6) is 1.38. The molecule has 0 radical (unpaired) electrons. The van der Waals surface area contributed by atoms with Crippen LogP contribution in [0.25, 0.3) is 0 Å². The van der Waals surface area contributed by atoms with Crippen LogP contribution in [0.2, 0.25) is 0 Å². The van der Waals surface area contributed by atoms with Gasteiger partial charge in [-0.1, -0.05) is 0 Å². The van der Waals surface area contributed by atoms with E-state index in [0.717, 1.165) is 5.76 Å². The summed E-state index contributed by atoms with van der Waals surface area (Å²) >= 11 is 0. The fourth-order valence-corrected chi connectivity index (χ4v) is 1.40. The SMILES string of the molecule is COC1=CC(CO)(OC)CC(OC)=C1. The Hall–Kier alpha value is -1.00. The second-order valence-electron chi connectivity index (χ2n) is 3.17. The van der Waals surface area contributed by atoms with Gasteiger partial charge in [-0.2, -0.15) is 0 Å². The van der Waals surface area contributed by atoms with Crippen molar-refractivity contribution in [2.24, 2.45) is 0 Å². The maximum atomic E-state index is 9.26. The first-order chi connectivity index (χ1) is 6.69. The maximum Gasteiger partial charge on any atom is 0.121 e. The standard InChI is InChI=1S/C10H16O4/c1-12-8-4-9(13-2)6-10(5-8,7-11)14-3/h4-5,11H,6-7H2,1-3H3. The first kappa shape index (κ1) is 11.1. The third-order valence-corrected chi connectivity index (χ3v) is 2.35. The molecule has 0 aliphatic heterocycles. The summed E-state index contributed by atoms with van der Waals surface area (Å²) in [6.45, 7) is -0.100. The average molecular weight is 200 g/mol. The van der Waals surface area contributed by atoms with Gasteiger partial charge in [-0.3, -0.25) is 0 Å². The molecule has 1 aliphatic rings. The van der Waals surface area contributed by atoms with E-state index in [1.165, 1.54) is 0 Å². The van der Waals surface area contributed by atoms with Crippen molar-refractivity contribution in [1.82, 2.24) is 0 Å². The maximum absolute atomic E-state index is 9.26. The monoisotopic (exact) mass is 200 g/mol. The molecule has 0 aromatic heterocycles. The van der Waals surface area contributed by atoms with Gasteiger partial charge in [0.05, 0.1) is 20.8 Å². The molecular formula is C10H16O4. The Labute approximate surface area is 83.8 Å². The van der Waals surface area contributed by atoms with Gasteiger partial charge in [0, 0.05) is 19.6 Å². The number of ether oxygens (including phenoxy) is 3. The minimum absolute atomic E-state index is 0.100. The molecule has 1 atom stereocenters. The van der Waals surface area contributed by atoms with Crippen LogP contribution in [0.1, 0.15) is 6.42 Å². The summed E-state index contributed by atoms with van der Waals surface area (Å²) < 4.78 is 15.5. The van der Waals surface area contributed by atoms with Crippen LogP contribution in [-0.2, 0) is 14.2 Å². The van der Waals surface area contributed by atoms with Gasteiger partial charge in [0.2, 0.25) is 0 Å². The summed E-state index contributed by atoms with van der Waals surface area (Å²) in [5, 5.41) is 9.26. The van der Waals surface area contributed by atoms with E-state index in [9.17, 15) is 5.11 Å². The number of rotatable bonds is 4. The molecule has 0 bridgehead atoms. The fraction of sp³-hybridized carbons (Fsp3) is 0.600. The first-order valence-electron chi connectivity index (χ1n) is 4.37. The van der Waals surface area contributed by atoms with E-state index in [1.807, 2.05) is 0 Å². The van der Waals surface area contributed by atoms with Crippen LogP contribution in [0, 0.1) is 0 Å². The van der Waals surface area contributed by atoms with E-state index in [0.29, 0.717) is 12.2 Å². The van der Waals surface area contributed by atoms with E-state index >= 15 is 0 Å². The summed E-state index contributed by atoms with van der Waals surface area (Å²) in [6, 6.07) is 0. The number of aliphatic hydroxyl groups excluding tert-OH is 1. The Morgan fingerprint density at radius 3 is 2.50 bits per heavy atom. The van der Waals surface area contributed by atoms with Crippen LogP contribution in [0.15, 0.2) is 23.7 Å². The van der Waals surface area contributed by atoms with Crippen molar-refractivity contribution in [3.63, 3.8) is 0 Å². The zero-order valence-corrected chi connectivity index (χ0v) is 8.74. The second-order valence-corrected chi connectivity index (χ2v) is 3.17. The fourth-order valence-electron chi connectivity index (χ4n) is 1.40. The number of hydrogen-bond acceptors (Lipinski definition) is 4. The van der Waals surface area contributed by atoms with Gasteiger partial charge in [-0.15, -0.1) is 0 Å². The Morgan fingerprint density at radius 2 is 2.07 bits per heavy atom. The molecule has 0 amide bonds. The predicted octanol–water partition coefficient (Wildman–Crippen LogP) is 0.828. The molecular weight excluding hydrogens is 184 g/mol. The second kappa shape index (κ2) is 4.48. The minimum atomic E-state index is -0.717. The van der Waals surface area contributed by atoms with Gasteiger partial charge < -0.3 is 19.3 Å². The number of allylic oxidation sites excluding steroid dienone is 1. The molecule has 1 aliphatic carbocycles. The third-order valence-electron chi connectivity index (χ3n) is 2.35. The Kier molecular flexibility index (Phi) is 3.55. The summed E-state index contributed by atoms with van der Waals surface area (Å²) in [5.41, 5.74) is -0.717. The third kappa shape index (κ3) is 2.08. The zero-order chi connectivity index (χ0) is 10.6. The van der Waals surface area contributed by atoms with Crippen LogP contribution in [-0.4, -0.2) is 38.6 Å². The molecule has 4 nitrogen and oxygen atoms in total. The van der Waals surface area contributed by atoms with E-state index in [4.69, 9.17) is 14.2 Å². The van der Waals surface area contributed by atoms with Crippen molar-refractivity contribution < 1.29 is 19.3 Å². The van der Waals surface area contributed by atoms with Gasteiger partial charge in [-0.05, 0) is 6.08 Å². The molecule has 0 saturated carbocycles. The first-order valence-corrected chi connectivity index (χ1v) is 4.37. The van der Waals surface area contributed by atoms with Gasteiger partial charge in [0.25, 0.3) is 0 Å².